The van der Waals surface area contributed by atoms with Crippen molar-refractivity contribution >= 4 is 21.8 Å². The van der Waals surface area contributed by atoms with E-state index in [0.717, 1.165) is 0 Å². The molecule has 4 aromatic carbocycles. The Kier molecular flexibility index (Phi) is 4.02. The number of hydrogen-bond acceptors (Lipinski definition) is 0. The molecular weight excluding hydrogens is 352 g/mol. The second kappa shape index (κ2) is 6.59. The number of aryl methyl sites for hydroxylation is 4. The first kappa shape index (κ1) is 17.7. The van der Waals surface area contributed by atoms with Crippen LogP contribution in [0.3, 0.4) is 0 Å². The van der Waals surface area contributed by atoms with E-state index in [1.807, 2.05) is 0 Å². The molecule has 5 rings (SSSR count). The Hall–Kier alpha value is -3.39. The Bertz CT molecular complexity index is 1380. The monoisotopic (exact) mass is 377 g/mol. The van der Waals surface area contributed by atoms with E-state index in [4.69, 9.17) is 0 Å². The van der Waals surface area contributed by atoms with Gasteiger partial charge >= 0.3 is 0 Å². The predicted molar refractivity (Wildman–Crippen MR) is 122 cm³/mol. The third-order valence-corrected chi connectivity index (χ3v) is 5.90. The summed E-state index contributed by atoms with van der Waals surface area (Å²) >= 11 is 0. The number of imidazole rings is 1. The number of hydrogen-bond donors (Lipinski definition) is 0. The molecular formula is C27H25N2+. The van der Waals surface area contributed by atoms with E-state index in [2.05, 4.69) is 116 Å². The highest BCUT2D eigenvalue weighted by Crippen LogP contribution is 2.30. The lowest BCUT2D eigenvalue weighted by Gasteiger charge is -2.09. The van der Waals surface area contributed by atoms with E-state index >= 15 is 0 Å². The molecule has 2 heteroatoms. The third kappa shape index (κ3) is 2.75. The Labute approximate surface area is 171 Å². The molecule has 2 nitrogen and oxygen atoms in total. The molecule has 0 N–H and O–H groups in total. The van der Waals surface area contributed by atoms with Gasteiger partial charge in [0.15, 0.2) is 11.0 Å². The van der Waals surface area contributed by atoms with Crippen LogP contribution in [-0.2, 0) is 7.05 Å². The van der Waals surface area contributed by atoms with Crippen molar-refractivity contribution in [3.63, 3.8) is 0 Å². The standard InChI is InChI=1S/C27H25N2/c1-18-12-14-20(3)23(16-18)27-28(4)26-17-19(2)13-15-25(26)29(27)24-11-7-9-21-8-5-6-10-22(21)24/h5-17H,1-4H3/q+1. The van der Waals surface area contributed by atoms with Gasteiger partial charge in [0.05, 0.1) is 12.6 Å². The van der Waals surface area contributed by atoms with Crippen molar-refractivity contribution in [1.29, 1.82) is 0 Å². The highest BCUT2D eigenvalue weighted by Gasteiger charge is 2.28. The largest absolute Gasteiger partial charge is 0.295 e. The zero-order valence-corrected chi connectivity index (χ0v) is 17.4. The predicted octanol–water partition coefficient (Wildman–Crippen LogP) is 6.20. The summed E-state index contributed by atoms with van der Waals surface area (Å²) in [5, 5.41) is 2.52. The molecule has 0 spiro atoms. The Morgan fingerprint density at radius 2 is 1.45 bits per heavy atom. The van der Waals surface area contributed by atoms with Gasteiger partial charge in [-0.25, -0.2) is 4.57 Å². The molecule has 0 fully saturated rings. The first-order valence-corrected chi connectivity index (χ1v) is 10.1. The fourth-order valence-electron chi connectivity index (χ4n) is 4.39. The van der Waals surface area contributed by atoms with Gasteiger partial charge in [0.25, 0.3) is 5.82 Å². The van der Waals surface area contributed by atoms with E-state index in [-0.39, 0.29) is 0 Å². The van der Waals surface area contributed by atoms with E-state index in [0.29, 0.717) is 0 Å². The van der Waals surface area contributed by atoms with Crippen molar-refractivity contribution in [3.05, 3.63) is 95.6 Å². The van der Waals surface area contributed by atoms with Gasteiger partial charge in [-0.05, 0) is 61.5 Å². The van der Waals surface area contributed by atoms with Crippen LogP contribution in [0.4, 0.5) is 0 Å². The minimum absolute atomic E-state index is 1.21. The van der Waals surface area contributed by atoms with Gasteiger partial charge in [0.2, 0.25) is 0 Å². The maximum atomic E-state index is 2.43. The number of aromatic nitrogens is 2. The smallest absolute Gasteiger partial charge is 0.225 e. The van der Waals surface area contributed by atoms with Gasteiger partial charge in [-0.1, -0.05) is 60.2 Å². The Morgan fingerprint density at radius 3 is 2.31 bits per heavy atom. The summed E-state index contributed by atoms with van der Waals surface area (Å²) in [6.45, 7) is 6.52. The molecule has 1 aromatic heterocycles. The highest BCUT2D eigenvalue weighted by atomic mass is 15.2. The maximum absolute atomic E-state index is 2.43. The minimum Gasteiger partial charge on any atom is -0.225 e. The van der Waals surface area contributed by atoms with Crippen LogP contribution in [0.2, 0.25) is 0 Å². The molecule has 1 heterocycles. The summed E-state index contributed by atoms with van der Waals surface area (Å²) in [5.74, 6) is 1.21. The van der Waals surface area contributed by atoms with E-state index in [1.165, 1.54) is 55.6 Å². The Balaban J connectivity index is 1.98. The molecule has 0 aliphatic carbocycles. The molecule has 0 saturated heterocycles. The third-order valence-electron chi connectivity index (χ3n) is 5.90. The van der Waals surface area contributed by atoms with Gasteiger partial charge in [0, 0.05) is 5.39 Å². The summed E-state index contributed by atoms with van der Waals surface area (Å²) in [6, 6.07) is 28.7. The molecule has 0 bridgehead atoms. The molecule has 0 saturated carbocycles. The van der Waals surface area contributed by atoms with Gasteiger partial charge < -0.3 is 0 Å². The minimum atomic E-state index is 1.21. The number of benzene rings is 4. The lowest BCUT2D eigenvalue weighted by Crippen LogP contribution is -2.33. The van der Waals surface area contributed by atoms with Crippen molar-refractivity contribution in [1.82, 2.24) is 4.57 Å². The van der Waals surface area contributed by atoms with Crippen LogP contribution in [0.5, 0.6) is 0 Å². The van der Waals surface area contributed by atoms with Crippen molar-refractivity contribution in [3.8, 4) is 17.1 Å². The van der Waals surface area contributed by atoms with Crippen LogP contribution in [0.1, 0.15) is 16.7 Å². The molecule has 29 heavy (non-hydrogen) atoms. The first-order valence-electron chi connectivity index (χ1n) is 10.1. The van der Waals surface area contributed by atoms with Gasteiger partial charge in [-0.3, -0.25) is 0 Å². The molecule has 142 valence electrons. The van der Waals surface area contributed by atoms with Gasteiger partial charge in [0.1, 0.15) is 5.69 Å². The quantitative estimate of drug-likeness (QED) is 0.324. The SMILES string of the molecule is Cc1ccc(C)c(-c2n(C)c3cc(C)ccc3[n+]2-c2cccc3ccccc23)c1. The highest BCUT2D eigenvalue weighted by molar-refractivity contribution is 5.89. The average Bonchev–Trinajstić information content (AvgIpc) is 3.01. The topological polar surface area (TPSA) is 8.81 Å². The number of rotatable bonds is 2. The van der Waals surface area contributed by atoms with E-state index in [9.17, 15) is 0 Å². The zero-order valence-electron chi connectivity index (χ0n) is 17.4. The van der Waals surface area contributed by atoms with E-state index in [1.54, 1.807) is 0 Å². The second-order valence-electron chi connectivity index (χ2n) is 8.03. The van der Waals surface area contributed by atoms with E-state index < -0.39 is 0 Å². The molecule has 0 atom stereocenters. The molecule has 0 amide bonds. The molecule has 5 aromatic rings. The van der Waals surface area contributed by atoms with Crippen molar-refractivity contribution in [2.75, 3.05) is 0 Å². The van der Waals surface area contributed by atoms with Crippen molar-refractivity contribution < 1.29 is 4.57 Å². The summed E-state index contributed by atoms with van der Waals surface area (Å²) in [6.07, 6.45) is 0. The lowest BCUT2D eigenvalue weighted by atomic mass is 10.0. The zero-order chi connectivity index (χ0) is 20.1. The summed E-state index contributed by atoms with van der Waals surface area (Å²) in [4.78, 5) is 0. The normalized spacial score (nSPS) is 11.4. The van der Waals surface area contributed by atoms with Crippen LogP contribution >= 0.6 is 0 Å². The summed E-state index contributed by atoms with van der Waals surface area (Å²) in [5.41, 5.74) is 8.79. The fraction of sp³-hybridized carbons (Fsp3) is 0.148. The van der Waals surface area contributed by atoms with Crippen LogP contribution in [0.15, 0.2) is 78.9 Å². The van der Waals surface area contributed by atoms with Crippen LogP contribution in [0, 0.1) is 20.8 Å². The number of nitrogens with zero attached hydrogens (tertiary/aromatic N) is 2. The maximum Gasteiger partial charge on any atom is 0.295 e. The molecule has 0 aliphatic rings. The number of fused-ring (bicyclic) bond motifs is 2. The van der Waals surface area contributed by atoms with Gasteiger partial charge in [-0.15, -0.1) is 0 Å². The van der Waals surface area contributed by atoms with Crippen LogP contribution in [0.25, 0.3) is 38.9 Å². The van der Waals surface area contributed by atoms with Crippen molar-refractivity contribution in [2.45, 2.75) is 20.8 Å². The van der Waals surface area contributed by atoms with Gasteiger partial charge in [-0.2, -0.15) is 4.57 Å². The fourth-order valence-corrected chi connectivity index (χ4v) is 4.39. The molecule has 0 unspecified atom stereocenters. The second-order valence-corrected chi connectivity index (χ2v) is 8.03. The molecule has 0 aliphatic heterocycles. The first-order chi connectivity index (χ1) is 14.0. The summed E-state index contributed by atoms with van der Waals surface area (Å²) in [7, 11) is 2.18. The average molecular weight is 378 g/mol. The lowest BCUT2D eigenvalue weighted by molar-refractivity contribution is -0.554. The summed E-state index contributed by atoms with van der Waals surface area (Å²) < 4.78 is 4.77. The van der Waals surface area contributed by atoms with Crippen LogP contribution in [-0.4, -0.2) is 4.57 Å². The van der Waals surface area contributed by atoms with Crippen LogP contribution < -0.4 is 4.57 Å². The van der Waals surface area contributed by atoms with Crippen molar-refractivity contribution in [2.24, 2.45) is 7.05 Å². The Morgan fingerprint density at radius 1 is 0.724 bits per heavy atom. The molecule has 0 radical (unpaired) electrons.